The minimum absolute atomic E-state index is 0.0124. The van der Waals surface area contributed by atoms with Crippen LogP contribution in [0.2, 0.25) is 5.02 Å². The molecule has 2 aromatic rings. The van der Waals surface area contributed by atoms with E-state index in [1.807, 2.05) is 6.92 Å². The molecule has 0 aliphatic heterocycles. The van der Waals surface area contributed by atoms with Crippen molar-refractivity contribution in [3.63, 3.8) is 0 Å². The minimum atomic E-state index is -0.548. The molecule has 0 atom stereocenters. The molecule has 0 fully saturated rings. The summed E-state index contributed by atoms with van der Waals surface area (Å²) in [5, 5.41) is 13.7. The zero-order chi connectivity index (χ0) is 15.4. The van der Waals surface area contributed by atoms with Crippen LogP contribution in [0.15, 0.2) is 24.5 Å². The summed E-state index contributed by atoms with van der Waals surface area (Å²) < 4.78 is 5.66. The number of aromatic nitrogens is 2. The molecule has 1 aromatic heterocycles. The van der Waals surface area contributed by atoms with Gasteiger partial charge in [0.25, 0.3) is 5.69 Å². The second-order valence-electron chi connectivity index (χ2n) is 4.08. The average Bonchev–Trinajstić information content (AvgIpc) is 2.46. The van der Waals surface area contributed by atoms with Gasteiger partial charge in [0.15, 0.2) is 0 Å². The van der Waals surface area contributed by atoms with Crippen molar-refractivity contribution in [3.8, 4) is 11.6 Å². The van der Waals surface area contributed by atoms with Gasteiger partial charge in [0, 0.05) is 19.2 Å². The maximum atomic E-state index is 10.7. The Bertz CT molecular complexity index is 678. The smallest absolute Gasteiger partial charge is 0.288 e. The number of hydrogen-bond donors (Lipinski definition) is 1. The van der Waals surface area contributed by atoms with Gasteiger partial charge in [-0.1, -0.05) is 18.5 Å². The summed E-state index contributed by atoms with van der Waals surface area (Å²) >= 11 is 5.86. The predicted molar refractivity (Wildman–Crippen MR) is 79.1 cm³/mol. The first-order valence-electron chi connectivity index (χ1n) is 6.20. The molecule has 0 saturated heterocycles. The third-order valence-corrected chi connectivity index (χ3v) is 3.13. The molecule has 0 spiro atoms. The number of nitrogens with one attached hydrogen (secondary N) is 1. The van der Waals surface area contributed by atoms with E-state index in [0.717, 1.165) is 5.56 Å². The highest BCUT2D eigenvalue weighted by Gasteiger charge is 2.15. The van der Waals surface area contributed by atoms with Crippen molar-refractivity contribution in [2.24, 2.45) is 0 Å². The molecule has 2 rings (SSSR count). The maximum Gasteiger partial charge on any atom is 0.288 e. The molecule has 0 bridgehead atoms. The number of anilines is 1. The summed E-state index contributed by atoms with van der Waals surface area (Å²) in [6.45, 7) is 1.95. The van der Waals surface area contributed by atoms with Gasteiger partial charge in [-0.2, -0.15) is 0 Å². The van der Waals surface area contributed by atoms with Crippen LogP contribution in [-0.2, 0) is 6.42 Å². The van der Waals surface area contributed by atoms with Crippen LogP contribution in [0.25, 0.3) is 0 Å². The molecular formula is C13H13ClN4O3. The van der Waals surface area contributed by atoms with Crippen molar-refractivity contribution in [1.29, 1.82) is 0 Å². The van der Waals surface area contributed by atoms with Gasteiger partial charge >= 0.3 is 0 Å². The Labute approximate surface area is 126 Å². The van der Waals surface area contributed by atoms with Crippen molar-refractivity contribution >= 4 is 23.1 Å². The third kappa shape index (κ3) is 3.19. The Morgan fingerprint density at radius 2 is 2.19 bits per heavy atom. The van der Waals surface area contributed by atoms with Crippen molar-refractivity contribution in [1.82, 2.24) is 9.97 Å². The summed E-state index contributed by atoms with van der Waals surface area (Å²) in [5.41, 5.74) is 0.646. The zero-order valence-corrected chi connectivity index (χ0v) is 12.2. The normalized spacial score (nSPS) is 10.2. The van der Waals surface area contributed by atoms with Crippen molar-refractivity contribution in [3.05, 3.63) is 45.2 Å². The molecule has 0 amide bonds. The molecular weight excluding hydrogens is 296 g/mol. The van der Waals surface area contributed by atoms with Gasteiger partial charge < -0.3 is 10.1 Å². The van der Waals surface area contributed by atoms with Crippen molar-refractivity contribution in [2.45, 2.75) is 13.3 Å². The van der Waals surface area contributed by atoms with Gasteiger partial charge in [0.1, 0.15) is 22.9 Å². The average molecular weight is 309 g/mol. The Kier molecular flexibility index (Phi) is 4.54. The van der Waals surface area contributed by atoms with Gasteiger partial charge in [-0.15, -0.1) is 0 Å². The summed E-state index contributed by atoms with van der Waals surface area (Å²) in [6.07, 6.45) is 2.06. The number of nitro benzene ring substituents is 1. The van der Waals surface area contributed by atoms with Crippen molar-refractivity contribution in [2.75, 3.05) is 12.4 Å². The molecule has 1 aromatic carbocycles. The SMILES string of the molecule is CCc1c(NC)ncnc1Oc1ccc([N+](=O)[O-])c(Cl)c1. The highest BCUT2D eigenvalue weighted by Crippen LogP contribution is 2.32. The standard InChI is InChI=1S/C13H13ClN4O3/c1-3-9-12(15-2)16-7-17-13(9)21-8-4-5-11(18(19)20)10(14)6-8/h4-7H,3H2,1-2H3,(H,15,16,17). The maximum absolute atomic E-state index is 10.7. The van der Waals surface area contributed by atoms with Crippen LogP contribution in [0, 0.1) is 10.1 Å². The Balaban J connectivity index is 2.34. The lowest BCUT2D eigenvalue weighted by Crippen LogP contribution is -2.02. The summed E-state index contributed by atoms with van der Waals surface area (Å²) in [4.78, 5) is 18.4. The fraction of sp³-hybridized carbons (Fsp3) is 0.231. The second-order valence-corrected chi connectivity index (χ2v) is 4.49. The Morgan fingerprint density at radius 1 is 1.43 bits per heavy atom. The number of benzene rings is 1. The van der Waals surface area contributed by atoms with E-state index in [4.69, 9.17) is 16.3 Å². The van der Waals surface area contributed by atoms with Gasteiger partial charge in [0.05, 0.1) is 10.5 Å². The first-order chi connectivity index (χ1) is 10.1. The van der Waals surface area contributed by atoms with Crippen LogP contribution in [0.5, 0.6) is 11.6 Å². The third-order valence-electron chi connectivity index (χ3n) is 2.83. The fourth-order valence-electron chi connectivity index (χ4n) is 1.83. The molecule has 7 nitrogen and oxygen atoms in total. The van der Waals surface area contributed by atoms with Crippen molar-refractivity contribution < 1.29 is 9.66 Å². The molecule has 8 heteroatoms. The summed E-state index contributed by atoms with van der Waals surface area (Å²) in [6, 6.07) is 4.16. The highest BCUT2D eigenvalue weighted by atomic mass is 35.5. The van der Waals surface area contributed by atoms with E-state index in [9.17, 15) is 10.1 Å². The fourth-order valence-corrected chi connectivity index (χ4v) is 2.07. The minimum Gasteiger partial charge on any atom is -0.438 e. The molecule has 0 unspecified atom stereocenters. The number of nitrogens with zero attached hydrogens (tertiary/aromatic N) is 3. The van der Waals surface area contributed by atoms with E-state index in [0.29, 0.717) is 23.9 Å². The van der Waals surface area contributed by atoms with E-state index in [1.54, 1.807) is 7.05 Å². The molecule has 0 radical (unpaired) electrons. The molecule has 0 aliphatic rings. The van der Waals surface area contributed by atoms with E-state index >= 15 is 0 Å². The highest BCUT2D eigenvalue weighted by molar-refractivity contribution is 6.32. The number of ether oxygens (including phenoxy) is 1. The Morgan fingerprint density at radius 3 is 2.76 bits per heavy atom. The number of rotatable bonds is 5. The Hall–Kier alpha value is -2.41. The summed E-state index contributed by atoms with van der Waals surface area (Å²) in [5.74, 6) is 1.44. The monoisotopic (exact) mass is 308 g/mol. The van der Waals surface area contributed by atoms with Crippen LogP contribution in [0.3, 0.4) is 0 Å². The molecule has 0 saturated carbocycles. The van der Waals surface area contributed by atoms with Crippen LogP contribution in [0.1, 0.15) is 12.5 Å². The molecule has 1 heterocycles. The largest absolute Gasteiger partial charge is 0.438 e. The van der Waals surface area contributed by atoms with E-state index in [1.165, 1.54) is 24.5 Å². The molecule has 1 N–H and O–H groups in total. The lowest BCUT2D eigenvalue weighted by atomic mass is 10.2. The number of hydrogen-bond acceptors (Lipinski definition) is 6. The van der Waals surface area contributed by atoms with Crippen LogP contribution in [-0.4, -0.2) is 21.9 Å². The van der Waals surface area contributed by atoms with E-state index in [-0.39, 0.29) is 10.7 Å². The zero-order valence-electron chi connectivity index (χ0n) is 11.5. The molecule has 110 valence electrons. The van der Waals surface area contributed by atoms with Crippen LogP contribution >= 0.6 is 11.6 Å². The molecule has 21 heavy (non-hydrogen) atoms. The summed E-state index contributed by atoms with van der Waals surface area (Å²) in [7, 11) is 1.76. The lowest BCUT2D eigenvalue weighted by molar-refractivity contribution is -0.384. The second kappa shape index (κ2) is 6.36. The molecule has 0 aliphatic carbocycles. The van der Waals surface area contributed by atoms with E-state index in [2.05, 4.69) is 15.3 Å². The quantitative estimate of drug-likeness (QED) is 0.672. The van der Waals surface area contributed by atoms with Gasteiger partial charge in [-0.3, -0.25) is 10.1 Å². The topological polar surface area (TPSA) is 90.2 Å². The lowest BCUT2D eigenvalue weighted by Gasteiger charge is -2.11. The number of nitro groups is 1. The number of halogens is 1. The predicted octanol–water partition coefficient (Wildman–Crippen LogP) is 3.43. The van der Waals surface area contributed by atoms with Gasteiger partial charge in [0.2, 0.25) is 5.88 Å². The first-order valence-corrected chi connectivity index (χ1v) is 6.58. The first kappa shape index (κ1) is 15.0. The van der Waals surface area contributed by atoms with Crippen LogP contribution in [0.4, 0.5) is 11.5 Å². The van der Waals surface area contributed by atoms with Gasteiger partial charge in [-0.05, 0) is 12.5 Å². The van der Waals surface area contributed by atoms with E-state index < -0.39 is 4.92 Å². The van der Waals surface area contributed by atoms with Gasteiger partial charge in [-0.25, -0.2) is 9.97 Å². The van der Waals surface area contributed by atoms with Crippen LogP contribution < -0.4 is 10.1 Å².